The monoisotopic (exact) mass is 442 g/mol. The Balaban J connectivity index is 1.61. The first-order valence-electron chi connectivity index (χ1n) is 9.47. The number of pyridine rings is 1. The van der Waals surface area contributed by atoms with E-state index in [0.717, 1.165) is 33.8 Å². The lowest BCUT2D eigenvalue weighted by molar-refractivity contribution is 0.189. The van der Waals surface area contributed by atoms with Crippen molar-refractivity contribution in [2.45, 2.75) is 17.7 Å². The number of thiazole rings is 1. The standard InChI is InChI=1S/C21H19FN4O2S2/c1-13-3-5-15(6-4-13)30(27,28)26-8-7-16-19(17(22)9-23-20(16)26)18-10-24-21(29-18)14-11-25(2)12-14/h3-10,14H,11-12H2,1-2H3. The summed E-state index contributed by atoms with van der Waals surface area (Å²) < 4.78 is 42.2. The van der Waals surface area contributed by atoms with Crippen LogP contribution in [0.4, 0.5) is 4.39 Å². The quantitative estimate of drug-likeness (QED) is 0.480. The molecule has 5 rings (SSSR count). The first kappa shape index (κ1) is 19.3. The van der Waals surface area contributed by atoms with Gasteiger partial charge in [0.2, 0.25) is 0 Å². The highest BCUT2D eigenvalue weighted by Crippen LogP contribution is 2.38. The molecule has 1 aromatic carbocycles. The molecule has 154 valence electrons. The first-order valence-corrected chi connectivity index (χ1v) is 11.7. The highest BCUT2D eigenvalue weighted by Gasteiger charge is 2.29. The van der Waals surface area contributed by atoms with Gasteiger partial charge in [0.05, 0.1) is 21.0 Å². The minimum atomic E-state index is -3.85. The largest absolute Gasteiger partial charge is 0.305 e. The summed E-state index contributed by atoms with van der Waals surface area (Å²) in [5.41, 5.74) is 1.51. The van der Waals surface area contributed by atoms with Crippen LogP contribution in [0.2, 0.25) is 0 Å². The molecule has 4 aromatic rings. The van der Waals surface area contributed by atoms with Crippen molar-refractivity contribution in [2.24, 2.45) is 0 Å². The molecule has 9 heteroatoms. The Bertz CT molecular complexity index is 1350. The van der Waals surface area contributed by atoms with Crippen molar-refractivity contribution in [1.82, 2.24) is 18.8 Å². The number of likely N-dealkylation sites (tertiary alicyclic amines) is 1. The maximum atomic E-state index is 14.8. The van der Waals surface area contributed by atoms with Gasteiger partial charge < -0.3 is 4.90 Å². The molecule has 0 spiro atoms. The molecule has 0 amide bonds. The summed E-state index contributed by atoms with van der Waals surface area (Å²) in [6, 6.07) is 8.21. The molecular weight excluding hydrogens is 423 g/mol. The number of rotatable bonds is 4. The zero-order valence-corrected chi connectivity index (χ0v) is 18.0. The van der Waals surface area contributed by atoms with Crippen molar-refractivity contribution in [3.05, 3.63) is 65.3 Å². The van der Waals surface area contributed by atoms with Crippen molar-refractivity contribution < 1.29 is 12.8 Å². The van der Waals surface area contributed by atoms with E-state index in [1.807, 2.05) is 14.0 Å². The number of fused-ring (bicyclic) bond motifs is 1. The van der Waals surface area contributed by atoms with E-state index in [9.17, 15) is 12.8 Å². The minimum Gasteiger partial charge on any atom is -0.305 e. The summed E-state index contributed by atoms with van der Waals surface area (Å²) >= 11 is 1.45. The van der Waals surface area contributed by atoms with Gasteiger partial charge in [-0.1, -0.05) is 17.7 Å². The molecule has 0 saturated carbocycles. The summed E-state index contributed by atoms with van der Waals surface area (Å²) in [6.45, 7) is 3.77. The van der Waals surface area contributed by atoms with Crippen molar-refractivity contribution in [3.8, 4) is 10.4 Å². The molecule has 30 heavy (non-hydrogen) atoms. The SMILES string of the molecule is Cc1ccc(S(=O)(=O)n2ccc3c(-c4cnc(C5CN(C)C5)s4)c(F)cnc32)cc1. The van der Waals surface area contributed by atoms with Crippen molar-refractivity contribution in [1.29, 1.82) is 0 Å². The average molecular weight is 443 g/mol. The fourth-order valence-electron chi connectivity index (χ4n) is 3.75. The van der Waals surface area contributed by atoms with Crippen molar-refractivity contribution >= 4 is 32.4 Å². The Kier molecular flexibility index (Phi) is 4.49. The van der Waals surface area contributed by atoms with Crippen LogP contribution in [-0.4, -0.2) is 47.4 Å². The molecule has 0 aliphatic carbocycles. The van der Waals surface area contributed by atoms with E-state index in [4.69, 9.17) is 0 Å². The number of hydrogen-bond donors (Lipinski definition) is 0. The molecule has 0 radical (unpaired) electrons. The van der Waals surface area contributed by atoms with Crippen molar-refractivity contribution in [2.75, 3.05) is 20.1 Å². The number of hydrogen-bond acceptors (Lipinski definition) is 6. The highest BCUT2D eigenvalue weighted by molar-refractivity contribution is 7.90. The smallest absolute Gasteiger partial charge is 0.269 e. The van der Waals surface area contributed by atoms with Crippen LogP contribution in [0.5, 0.6) is 0 Å². The van der Waals surface area contributed by atoms with E-state index in [0.29, 0.717) is 21.7 Å². The Morgan fingerprint density at radius 1 is 1.10 bits per heavy atom. The lowest BCUT2D eigenvalue weighted by atomic mass is 10.0. The molecule has 1 aliphatic heterocycles. The number of benzene rings is 1. The van der Waals surface area contributed by atoms with Gasteiger partial charge in [0.25, 0.3) is 10.0 Å². The normalized spacial score (nSPS) is 15.6. The van der Waals surface area contributed by atoms with Gasteiger partial charge in [0, 0.05) is 42.4 Å². The highest BCUT2D eigenvalue weighted by atomic mass is 32.2. The van der Waals surface area contributed by atoms with Crippen LogP contribution in [-0.2, 0) is 10.0 Å². The summed E-state index contributed by atoms with van der Waals surface area (Å²) in [4.78, 5) is 11.6. The van der Waals surface area contributed by atoms with Crippen LogP contribution >= 0.6 is 11.3 Å². The lowest BCUT2D eigenvalue weighted by Crippen LogP contribution is -2.41. The lowest BCUT2D eigenvalue weighted by Gasteiger charge is -2.34. The molecule has 0 unspecified atom stereocenters. The third kappa shape index (κ3) is 3.05. The number of nitrogens with zero attached hydrogens (tertiary/aromatic N) is 4. The predicted octanol–water partition coefficient (Wildman–Crippen LogP) is 3.87. The molecule has 0 atom stereocenters. The van der Waals surface area contributed by atoms with Gasteiger partial charge in [-0.25, -0.2) is 26.7 Å². The van der Waals surface area contributed by atoms with Gasteiger partial charge in [-0.05, 0) is 32.2 Å². The fourth-order valence-corrected chi connectivity index (χ4v) is 6.12. The molecule has 0 N–H and O–H groups in total. The second kappa shape index (κ2) is 6.97. The minimum absolute atomic E-state index is 0.160. The zero-order chi connectivity index (χ0) is 21.0. The van der Waals surface area contributed by atoms with E-state index in [2.05, 4.69) is 14.9 Å². The summed E-state index contributed by atoms with van der Waals surface area (Å²) in [7, 11) is -1.80. The summed E-state index contributed by atoms with van der Waals surface area (Å²) in [6.07, 6.45) is 4.18. The van der Waals surface area contributed by atoms with Gasteiger partial charge in [-0.15, -0.1) is 11.3 Å². The second-order valence-electron chi connectivity index (χ2n) is 7.63. The first-order chi connectivity index (χ1) is 14.3. The molecular formula is C21H19FN4O2S2. The Labute approximate surface area is 177 Å². The van der Waals surface area contributed by atoms with Crippen LogP contribution in [0, 0.1) is 12.7 Å². The molecule has 1 saturated heterocycles. The third-order valence-corrected chi connectivity index (χ3v) is 8.25. The van der Waals surface area contributed by atoms with E-state index < -0.39 is 15.8 Å². The zero-order valence-electron chi connectivity index (χ0n) is 16.4. The maximum absolute atomic E-state index is 14.8. The average Bonchev–Trinajstić information content (AvgIpc) is 3.33. The van der Waals surface area contributed by atoms with E-state index in [1.54, 1.807) is 36.5 Å². The Hall–Kier alpha value is -2.62. The van der Waals surface area contributed by atoms with Crippen LogP contribution in [0.25, 0.3) is 21.5 Å². The predicted molar refractivity (Wildman–Crippen MR) is 115 cm³/mol. The molecule has 3 aromatic heterocycles. The van der Waals surface area contributed by atoms with Crippen LogP contribution in [0.3, 0.4) is 0 Å². The Morgan fingerprint density at radius 3 is 2.53 bits per heavy atom. The van der Waals surface area contributed by atoms with Gasteiger partial charge in [0.1, 0.15) is 0 Å². The van der Waals surface area contributed by atoms with Crippen molar-refractivity contribution in [3.63, 3.8) is 0 Å². The molecule has 0 bridgehead atoms. The third-order valence-electron chi connectivity index (χ3n) is 5.40. The number of aromatic nitrogens is 3. The second-order valence-corrected chi connectivity index (χ2v) is 10.5. The molecule has 6 nitrogen and oxygen atoms in total. The van der Waals surface area contributed by atoms with Gasteiger partial charge in [-0.2, -0.15) is 0 Å². The Morgan fingerprint density at radius 2 is 1.83 bits per heavy atom. The fraction of sp³-hybridized carbons (Fsp3) is 0.238. The van der Waals surface area contributed by atoms with Gasteiger partial charge >= 0.3 is 0 Å². The van der Waals surface area contributed by atoms with Gasteiger partial charge in [-0.3, -0.25) is 0 Å². The van der Waals surface area contributed by atoms with Gasteiger partial charge in [0.15, 0.2) is 11.5 Å². The van der Waals surface area contributed by atoms with E-state index in [-0.39, 0.29) is 10.5 Å². The van der Waals surface area contributed by atoms with Crippen LogP contribution in [0.1, 0.15) is 16.5 Å². The number of halogens is 1. The summed E-state index contributed by atoms with van der Waals surface area (Å²) in [5.74, 6) is -0.130. The molecule has 1 aliphatic rings. The molecule has 4 heterocycles. The number of likely N-dealkylation sites (N-methyl/N-ethyl adjacent to an activating group) is 1. The van der Waals surface area contributed by atoms with E-state index >= 15 is 0 Å². The topological polar surface area (TPSA) is 68.1 Å². The summed E-state index contributed by atoms with van der Waals surface area (Å²) in [5, 5.41) is 1.42. The van der Waals surface area contributed by atoms with Crippen LogP contribution in [0.15, 0.2) is 53.8 Å². The maximum Gasteiger partial charge on any atom is 0.269 e. The van der Waals surface area contributed by atoms with Crippen LogP contribution < -0.4 is 0 Å². The van der Waals surface area contributed by atoms with E-state index in [1.165, 1.54) is 17.5 Å². The molecule has 1 fully saturated rings. The number of aryl methyl sites for hydroxylation is 1.